The minimum atomic E-state index is 0.215. The maximum Gasteiger partial charge on any atom is 0.124 e. The number of hydrogen-bond acceptors (Lipinski definition) is 3. The van der Waals surface area contributed by atoms with Gasteiger partial charge in [-0.15, -0.1) is 0 Å². The lowest BCUT2D eigenvalue weighted by molar-refractivity contribution is 0.474. The normalized spacial score (nSPS) is 10.7. The van der Waals surface area contributed by atoms with Crippen LogP contribution in [0.25, 0.3) is 0 Å². The highest BCUT2D eigenvalue weighted by atomic mass is 16.3. The predicted molar refractivity (Wildman–Crippen MR) is 90.7 cm³/mol. The number of nitrogens with zero attached hydrogens (tertiary/aromatic N) is 2. The van der Waals surface area contributed by atoms with E-state index >= 15 is 0 Å². The van der Waals surface area contributed by atoms with Crippen molar-refractivity contribution in [1.29, 1.82) is 0 Å². The Bertz CT molecular complexity index is 715. The molecule has 0 spiro atoms. The summed E-state index contributed by atoms with van der Waals surface area (Å²) in [6.45, 7) is 0. The minimum absolute atomic E-state index is 0.215. The van der Waals surface area contributed by atoms with Gasteiger partial charge in [0.15, 0.2) is 0 Å². The third kappa shape index (κ3) is 3.15. The van der Waals surface area contributed by atoms with E-state index in [9.17, 15) is 5.11 Å². The standard InChI is InChI=1S/C19H16N2O/c22-19-14-8-7-9-16(19)15-20-21(17-10-3-1-4-11-17)18-12-5-2-6-13-18/h1-15,22H/b20-15+. The van der Waals surface area contributed by atoms with Gasteiger partial charge in [-0.1, -0.05) is 48.5 Å². The number of aromatic hydroxyl groups is 1. The van der Waals surface area contributed by atoms with E-state index in [-0.39, 0.29) is 5.75 Å². The van der Waals surface area contributed by atoms with E-state index in [0.717, 1.165) is 11.4 Å². The number of phenolic OH excluding ortho intramolecular Hbond substituents is 1. The topological polar surface area (TPSA) is 35.8 Å². The molecule has 3 heteroatoms. The Hall–Kier alpha value is -3.07. The molecule has 0 aliphatic heterocycles. The summed E-state index contributed by atoms with van der Waals surface area (Å²) in [7, 11) is 0. The Balaban J connectivity index is 1.98. The van der Waals surface area contributed by atoms with Gasteiger partial charge in [-0.3, -0.25) is 0 Å². The SMILES string of the molecule is Oc1ccccc1/C=N/N(c1ccccc1)c1ccccc1. The van der Waals surface area contributed by atoms with Crippen LogP contribution in [0.1, 0.15) is 5.56 Å². The largest absolute Gasteiger partial charge is 0.507 e. The monoisotopic (exact) mass is 288 g/mol. The summed E-state index contributed by atoms with van der Waals surface area (Å²) in [4.78, 5) is 0. The van der Waals surface area contributed by atoms with Gasteiger partial charge in [0.2, 0.25) is 0 Å². The zero-order chi connectivity index (χ0) is 15.2. The summed E-state index contributed by atoms with van der Waals surface area (Å²) in [6.07, 6.45) is 1.66. The highest BCUT2D eigenvalue weighted by Crippen LogP contribution is 2.25. The van der Waals surface area contributed by atoms with Crippen LogP contribution in [-0.2, 0) is 0 Å². The van der Waals surface area contributed by atoms with Crippen LogP contribution in [0.4, 0.5) is 11.4 Å². The molecule has 0 aliphatic carbocycles. The summed E-state index contributed by atoms with van der Waals surface area (Å²) in [6, 6.07) is 27.0. The second-order valence-corrected chi connectivity index (χ2v) is 4.79. The summed E-state index contributed by atoms with van der Waals surface area (Å²) in [5.74, 6) is 0.215. The molecule has 0 amide bonds. The molecule has 1 N–H and O–H groups in total. The molecular weight excluding hydrogens is 272 g/mol. The Kier molecular flexibility index (Phi) is 4.16. The molecule has 3 aromatic carbocycles. The van der Waals surface area contributed by atoms with Crippen molar-refractivity contribution in [2.24, 2.45) is 5.10 Å². The van der Waals surface area contributed by atoms with Crippen molar-refractivity contribution in [2.45, 2.75) is 0 Å². The van der Waals surface area contributed by atoms with Crippen molar-refractivity contribution in [2.75, 3.05) is 5.01 Å². The van der Waals surface area contributed by atoms with E-state index in [0.29, 0.717) is 5.56 Å². The third-order valence-electron chi connectivity index (χ3n) is 3.25. The smallest absolute Gasteiger partial charge is 0.124 e. The summed E-state index contributed by atoms with van der Waals surface area (Å²) < 4.78 is 0. The molecule has 0 saturated carbocycles. The zero-order valence-electron chi connectivity index (χ0n) is 12.0. The van der Waals surface area contributed by atoms with Crippen LogP contribution in [-0.4, -0.2) is 11.3 Å². The van der Waals surface area contributed by atoms with Crippen molar-refractivity contribution < 1.29 is 5.11 Å². The number of hydrazone groups is 1. The number of anilines is 2. The van der Waals surface area contributed by atoms with Gasteiger partial charge < -0.3 is 5.11 Å². The van der Waals surface area contributed by atoms with Gasteiger partial charge in [0.25, 0.3) is 0 Å². The molecule has 0 atom stereocenters. The maximum absolute atomic E-state index is 9.85. The van der Waals surface area contributed by atoms with Gasteiger partial charge in [0.05, 0.1) is 17.6 Å². The van der Waals surface area contributed by atoms with Crippen LogP contribution >= 0.6 is 0 Å². The first kappa shape index (κ1) is 13.9. The molecule has 3 rings (SSSR count). The highest BCUT2D eigenvalue weighted by Gasteiger charge is 2.06. The van der Waals surface area contributed by atoms with Crippen LogP contribution < -0.4 is 5.01 Å². The number of para-hydroxylation sites is 3. The molecular formula is C19H16N2O. The van der Waals surface area contributed by atoms with Crippen LogP contribution in [0.3, 0.4) is 0 Å². The summed E-state index contributed by atoms with van der Waals surface area (Å²) >= 11 is 0. The van der Waals surface area contributed by atoms with E-state index in [4.69, 9.17) is 0 Å². The first-order chi connectivity index (χ1) is 10.8. The predicted octanol–water partition coefficient (Wildman–Crippen LogP) is 4.56. The first-order valence-corrected chi connectivity index (χ1v) is 7.07. The molecule has 0 heterocycles. The lowest BCUT2D eigenvalue weighted by Crippen LogP contribution is -2.09. The van der Waals surface area contributed by atoms with E-state index in [2.05, 4.69) is 5.10 Å². The molecule has 3 nitrogen and oxygen atoms in total. The fraction of sp³-hybridized carbons (Fsp3) is 0. The van der Waals surface area contributed by atoms with E-state index in [1.165, 1.54) is 0 Å². The summed E-state index contributed by atoms with van der Waals surface area (Å²) in [5, 5.41) is 16.2. The second-order valence-electron chi connectivity index (χ2n) is 4.79. The third-order valence-corrected chi connectivity index (χ3v) is 3.25. The van der Waals surface area contributed by atoms with E-state index < -0.39 is 0 Å². The molecule has 3 aromatic rings. The van der Waals surface area contributed by atoms with Crippen LogP contribution in [0.15, 0.2) is 90.0 Å². The van der Waals surface area contributed by atoms with Gasteiger partial charge in [-0.25, -0.2) is 5.01 Å². The molecule has 0 fully saturated rings. The Morgan fingerprint density at radius 3 is 1.73 bits per heavy atom. The van der Waals surface area contributed by atoms with Crippen molar-refractivity contribution >= 4 is 17.6 Å². The molecule has 0 unspecified atom stereocenters. The quantitative estimate of drug-likeness (QED) is 0.564. The van der Waals surface area contributed by atoms with Gasteiger partial charge in [-0.2, -0.15) is 5.10 Å². The molecule has 0 aliphatic rings. The van der Waals surface area contributed by atoms with Crippen LogP contribution in [0.5, 0.6) is 5.75 Å². The molecule has 0 aromatic heterocycles. The number of hydrogen-bond donors (Lipinski definition) is 1. The van der Waals surface area contributed by atoms with E-state index in [1.807, 2.05) is 77.8 Å². The zero-order valence-corrected chi connectivity index (χ0v) is 12.0. The molecule has 0 radical (unpaired) electrons. The van der Waals surface area contributed by atoms with Crippen molar-refractivity contribution in [3.63, 3.8) is 0 Å². The average molecular weight is 288 g/mol. The van der Waals surface area contributed by atoms with E-state index in [1.54, 1.807) is 18.3 Å². The first-order valence-electron chi connectivity index (χ1n) is 7.07. The summed E-state index contributed by atoms with van der Waals surface area (Å²) in [5.41, 5.74) is 2.60. The fourth-order valence-corrected chi connectivity index (χ4v) is 2.14. The Morgan fingerprint density at radius 1 is 0.682 bits per heavy atom. The minimum Gasteiger partial charge on any atom is -0.507 e. The van der Waals surface area contributed by atoms with Gasteiger partial charge in [0, 0.05) is 5.56 Å². The van der Waals surface area contributed by atoms with Crippen LogP contribution in [0, 0.1) is 0 Å². The van der Waals surface area contributed by atoms with Gasteiger partial charge in [0.1, 0.15) is 5.75 Å². The van der Waals surface area contributed by atoms with Gasteiger partial charge >= 0.3 is 0 Å². The second kappa shape index (κ2) is 6.59. The molecule has 108 valence electrons. The van der Waals surface area contributed by atoms with Crippen molar-refractivity contribution in [3.8, 4) is 5.75 Å². The van der Waals surface area contributed by atoms with Crippen molar-refractivity contribution in [1.82, 2.24) is 0 Å². The Morgan fingerprint density at radius 2 is 1.18 bits per heavy atom. The number of benzene rings is 3. The number of rotatable bonds is 4. The Labute approximate surface area is 129 Å². The van der Waals surface area contributed by atoms with Gasteiger partial charge in [-0.05, 0) is 36.4 Å². The fourth-order valence-electron chi connectivity index (χ4n) is 2.14. The molecule has 22 heavy (non-hydrogen) atoms. The highest BCUT2D eigenvalue weighted by molar-refractivity contribution is 5.84. The van der Waals surface area contributed by atoms with Crippen molar-refractivity contribution in [3.05, 3.63) is 90.5 Å². The molecule has 0 saturated heterocycles. The average Bonchev–Trinajstić information content (AvgIpc) is 2.59. The van der Waals surface area contributed by atoms with Crippen LogP contribution in [0.2, 0.25) is 0 Å². The maximum atomic E-state index is 9.85. The lowest BCUT2D eigenvalue weighted by Gasteiger charge is -2.19. The molecule has 0 bridgehead atoms. The number of phenols is 1. The lowest BCUT2D eigenvalue weighted by atomic mass is 10.2.